The zero-order valence-electron chi connectivity index (χ0n) is 18.8. The summed E-state index contributed by atoms with van der Waals surface area (Å²) in [6, 6.07) is 0. The Hall–Kier alpha value is -0.860. The zero-order valence-corrected chi connectivity index (χ0v) is 18.8. The van der Waals surface area contributed by atoms with Crippen LogP contribution in [0.5, 0.6) is 0 Å². The van der Waals surface area contributed by atoms with Gasteiger partial charge in [0.1, 0.15) is 5.78 Å². The predicted molar refractivity (Wildman–Crippen MR) is 115 cm³/mol. The van der Waals surface area contributed by atoms with Crippen molar-refractivity contribution >= 4 is 11.7 Å². The highest BCUT2D eigenvalue weighted by Gasteiger charge is 2.59. The van der Waals surface area contributed by atoms with Crippen molar-refractivity contribution in [1.29, 1.82) is 0 Å². The maximum absolute atomic E-state index is 13.6. The van der Waals surface area contributed by atoms with Crippen LogP contribution in [-0.4, -0.2) is 28.7 Å². The highest BCUT2D eigenvalue weighted by molar-refractivity contribution is 5.80. The van der Waals surface area contributed by atoms with E-state index in [1.54, 1.807) is 0 Å². The number of nitrogens with zero attached hydrogens (tertiary/aromatic N) is 1. The smallest absolute Gasteiger partial charge is 0.226 e. The zero-order chi connectivity index (χ0) is 20.2. The minimum atomic E-state index is 0.0850. The molecule has 0 aromatic carbocycles. The molecule has 2 unspecified atom stereocenters. The number of rotatable bonds is 1. The first-order valence-electron chi connectivity index (χ1n) is 12.8. The first kappa shape index (κ1) is 20.1. The van der Waals surface area contributed by atoms with Gasteiger partial charge in [0.2, 0.25) is 5.91 Å². The Morgan fingerprint density at radius 1 is 0.897 bits per heavy atom. The second kappa shape index (κ2) is 7.38. The molecule has 0 spiro atoms. The highest BCUT2D eigenvalue weighted by Crippen LogP contribution is 2.63. The van der Waals surface area contributed by atoms with Crippen LogP contribution in [0.2, 0.25) is 0 Å². The summed E-state index contributed by atoms with van der Waals surface area (Å²) in [6.45, 7) is 5.97. The van der Waals surface area contributed by atoms with E-state index in [1.807, 2.05) is 0 Å². The maximum atomic E-state index is 13.6. The lowest BCUT2D eigenvalue weighted by atomic mass is 9.45. The fourth-order valence-electron chi connectivity index (χ4n) is 8.86. The number of fused-ring (bicyclic) bond motifs is 5. The number of hydrogen-bond acceptors (Lipinski definition) is 2. The predicted octanol–water partition coefficient (Wildman–Crippen LogP) is 5.76. The summed E-state index contributed by atoms with van der Waals surface area (Å²) in [7, 11) is 0. The van der Waals surface area contributed by atoms with Crippen LogP contribution in [0.4, 0.5) is 0 Å². The molecule has 3 heteroatoms. The first-order valence-corrected chi connectivity index (χ1v) is 12.8. The fraction of sp³-hybridized carbons (Fsp3) is 0.923. The molecule has 0 bridgehead atoms. The average Bonchev–Trinajstić information content (AvgIpc) is 2.73. The van der Waals surface area contributed by atoms with Crippen molar-refractivity contribution in [3.63, 3.8) is 0 Å². The molecular formula is C26H41NO2. The van der Waals surface area contributed by atoms with Crippen molar-refractivity contribution in [2.45, 2.75) is 109 Å². The number of ketones is 1. The molecule has 4 aliphatic carbocycles. The van der Waals surface area contributed by atoms with Crippen LogP contribution in [0.1, 0.15) is 104 Å². The van der Waals surface area contributed by atoms with Crippen LogP contribution in [0.15, 0.2) is 0 Å². The summed E-state index contributed by atoms with van der Waals surface area (Å²) >= 11 is 0. The topological polar surface area (TPSA) is 37.4 Å². The second-order valence-corrected chi connectivity index (χ2v) is 11.8. The van der Waals surface area contributed by atoms with Crippen molar-refractivity contribution in [3.8, 4) is 0 Å². The Bertz CT molecular complexity index is 668. The SMILES string of the molecule is C[C@]12CCC(=O)CC1CCC1[C@@H]2CC[C@@]2(C)[C@H]1CCCN2C(=O)C1CCCCC1. The molecule has 1 aliphatic heterocycles. The van der Waals surface area contributed by atoms with Crippen molar-refractivity contribution in [2.24, 2.45) is 35.0 Å². The molecule has 0 aromatic heterocycles. The van der Waals surface area contributed by atoms with Crippen molar-refractivity contribution in [2.75, 3.05) is 6.54 Å². The molecule has 162 valence electrons. The Balaban J connectivity index is 1.39. The van der Waals surface area contributed by atoms with Gasteiger partial charge in [-0.25, -0.2) is 0 Å². The van der Waals surface area contributed by atoms with Crippen LogP contribution in [-0.2, 0) is 9.59 Å². The van der Waals surface area contributed by atoms with Crippen LogP contribution in [0, 0.1) is 35.0 Å². The maximum Gasteiger partial charge on any atom is 0.226 e. The number of amides is 1. The molecule has 3 nitrogen and oxygen atoms in total. The van der Waals surface area contributed by atoms with Gasteiger partial charge in [-0.1, -0.05) is 26.2 Å². The molecule has 1 heterocycles. The summed E-state index contributed by atoms with van der Waals surface area (Å²) in [6.07, 6.45) is 16.3. The van der Waals surface area contributed by atoms with Gasteiger partial charge in [-0.3, -0.25) is 9.59 Å². The highest BCUT2D eigenvalue weighted by atomic mass is 16.2. The van der Waals surface area contributed by atoms with E-state index < -0.39 is 0 Å². The Kier molecular flexibility index (Phi) is 5.10. The minimum Gasteiger partial charge on any atom is -0.337 e. The number of hydrogen-bond donors (Lipinski definition) is 0. The molecular weight excluding hydrogens is 358 g/mol. The third-order valence-electron chi connectivity index (χ3n) is 10.6. The quantitative estimate of drug-likeness (QED) is 0.562. The fourth-order valence-corrected chi connectivity index (χ4v) is 8.86. The summed E-state index contributed by atoms with van der Waals surface area (Å²) in [5.74, 6) is 4.15. The summed E-state index contributed by atoms with van der Waals surface area (Å²) < 4.78 is 0. The van der Waals surface area contributed by atoms with E-state index in [0.717, 1.165) is 50.5 Å². The molecule has 29 heavy (non-hydrogen) atoms. The second-order valence-electron chi connectivity index (χ2n) is 11.8. The Morgan fingerprint density at radius 2 is 1.69 bits per heavy atom. The lowest BCUT2D eigenvalue weighted by Gasteiger charge is -2.64. The van der Waals surface area contributed by atoms with E-state index in [4.69, 9.17) is 0 Å². The molecule has 0 N–H and O–H groups in total. The third-order valence-corrected chi connectivity index (χ3v) is 10.6. The molecule has 5 aliphatic rings. The number of carbonyl (C=O) groups excluding carboxylic acids is 2. The average molecular weight is 400 g/mol. The van der Waals surface area contributed by atoms with Gasteiger partial charge < -0.3 is 4.90 Å². The summed E-state index contributed by atoms with van der Waals surface area (Å²) in [4.78, 5) is 28.1. The van der Waals surface area contributed by atoms with Crippen molar-refractivity contribution in [3.05, 3.63) is 0 Å². The molecule has 5 fully saturated rings. The lowest BCUT2D eigenvalue weighted by molar-refractivity contribution is -0.168. The normalized spacial score (nSPS) is 45.9. The van der Waals surface area contributed by atoms with E-state index in [-0.39, 0.29) is 5.54 Å². The molecule has 6 atom stereocenters. The van der Waals surface area contributed by atoms with Gasteiger partial charge in [0.15, 0.2) is 0 Å². The van der Waals surface area contributed by atoms with Crippen LogP contribution >= 0.6 is 0 Å². The molecule has 1 saturated heterocycles. The van der Waals surface area contributed by atoms with E-state index in [9.17, 15) is 9.59 Å². The standard InChI is InChI=1S/C26H41NO2/c1-25-14-12-20(28)17-19(25)10-11-21-22(25)13-15-26(2)23(21)9-6-16-27(26)24(29)18-7-4-3-5-8-18/h18-19,21-23H,3-17H2,1-2H3/t19?,21?,22-,23-,25-,26-/m0/s1. The van der Waals surface area contributed by atoms with E-state index in [2.05, 4.69) is 18.7 Å². The summed E-state index contributed by atoms with van der Waals surface area (Å²) in [5, 5.41) is 0. The van der Waals surface area contributed by atoms with Gasteiger partial charge in [-0.15, -0.1) is 0 Å². The molecule has 0 radical (unpaired) electrons. The van der Waals surface area contributed by atoms with E-state index in [1.165, 1.54) is 57.8 Å². The first-order chi connectivity index (χ1) is 13.9. The van der Waals surface area contributed by atoms with Gasteiger partial charge in [0.25, 0.3) is 0 Å². The monoisotopic (exact) mass is 399 g/mol. The summed E-state index contributed by atoms with van der Waals surface area (Å²) in [5.41, 5.74) is 0.454. The van der Waals surface area contributed by atoms with Crippen molar-refractivity contribution < 1.29 is 9.59 Å². The largest absolute Gasteiger partial charge is 0.337 e. The lowest BCUT2D eigenvalue weighted by Crippen LogP contribution is -2.65. The number of piperidine rings is 1. The number of Topliss-reactive ketones (excluding diaryl/α,β-unsaturated/α-hetero) is 1. The van der Waals surface area contributed by atoms with Gasteiger partial charge in [0.05, 0.1) is 0 Å². The minimum absolute atomic E-state index is 0.0850. The van der Waals surface area contributed by atoms with Crippen LogP contribution < -0.4 is 0 Å². The molecule has 0 aromatic rings. The van der Waals surface area contributed by atoms with Crippen LogP contribution in [0.25, 0.3) is 0 Å². The van der Waals surface area contributed by atoms with Gasteiger partial charge in [-0.05, 0) is 93.8 Å². The third kappa shape index (κ3) is 3.12. The van der Waals surface area contributed by atoms with E-state index in [0.29, 0.717) is 34.9 Å². The molecule has 4 saturated carbocycles. The Morgan fingerprint density at radius 3 is 2.48 bits per heavy atom. The van der Waals surface area contributed by atoms with Gasteiger partial charge >= 0.3 is 0 Å². The number of likely N-dealkylation sites (tertiary alicyclic amines) is 1. The number of carbonyl (C=O) groups is 2. The molecule has 5 rings (SSSR count). The molecule has 1 amide bonds. The van der Waals surface area contributed by atoms with Crippen molar-refractivity contribution in [1.82, 2.24) is 4.90 Å². The van der Waals surface area contributed by atoms with Gasteiger partial charge in [0, 0.05) is 30.8 Å². The van der Waals surface area contributed by atoms with Gasteiger partial charge in [-0.2, -0.15) is 0 Å². The van der Waals surface area contributed by atoms with Crippen LogP contribution in [0.3, 0.4) is 0 Å². The Labute approximate surface area is 177 Å². The van der Waals surface area contributed by atoms with E-state index >= 15 is 0 Å².